The number of fused-ring (bicyclic) bond motifs is 1. The molecule has 1 saturated heterocycles. The number of ether oxygens (including phenoxy) is 2. The molecule has 11 nitrogen and oxygen atoms in total. The molecule has 3 heterocycles. The third-order valence-corrected chi connectivity index (χ3v) is 5.88. The second-order valence-corrected chi connectivity index (χ2v) is 9.46. The fraction of sp³-hybridized carbons (Fsp3) is 0.417. The lowest BCUT2D eigenvalue weighted by Gasteiger charge is -2.31. The molecule has 1 aromatic carbocycles. The molecule has 4 N–H and O–H groups in total. The number of anilines is 3. The van der Waals surface area contributed by atoms with Crippen LogP contribution in [0.25, 0.3) is 16.6 Å². The summed E-state index contributed by atoms with van der Waals surface area (Å²) in [6.07, 6.45) is 1.92. The number of hydrogen-bond donors (Lipinski definition) is 3. The largest absolute Gasteiger partial charge is 0.495 e. The fourth-order valence-corrected chi connectivity index (χ4v) is 4.23. The van der Waals surface area contributed by atoms with E-state index in [1.165, 1.54) is 13.4 Å². The van der Waals surface area contributed by atoms with Gasteiger partial charge in [-0.3, -0.25) is 10.1 Å². The number of rotatable bonds is 5. The van der Waals surface area contributed by atoms with Crippen molar-refractivity contribution < 1.29 is 24.2 Å². The molecule has 0 atom stereocenters. The fourth-order valence-electron chi connectivity index (χ4n) is 4.23. The number of amides is 1. The molecule has 11 heteroatoms. The first-order chi connectivity index (χ1) is 16.6. The topological polar surface area (TPSA) is 144 Å². The third kappa shape index (κ3) is 5.08. The number of nitrogens with zero attached hydrogens (tertiary/aromatic N) is 4. The van der Waals surface area contributed by atoms with E-state index >= 15 is 0 Å². The first-order valence-electron chi connectivity index (χ1n) is 11.4. The Bertz CT molecular complexity index is 1260. The Kier molecular flexibility index (Phi) is 6.42. The van der Waals surface area contributed by atoms with Crippen LogP contribution >= 0.6 is 0 Å². The number of aliphatic carboxylic acids is 1. The van der Waals surface area contributed by atoms with Gasteiger partial charge in [0.15, 0.2) is 5.82 Å². The van der Waals surface area contributed by atoms with Crippen LogP contribution in [0.15, 0.2) is 30.6 Å². The van der Waals surface area contributed by atoms with Crippen molar-refractivity contribution in [3.8, 4) is 16.9 Å². The zero-order chi connectivity index (χ0) is 25.3. The van der Waals surface area contributed by atoms with Crippen molar-refractivity contribution in [3.63, 3.8) is 0 Å². The highest BCUT2D eigenvalue weighted by atomic mass is 16.6. The number of carbonyl (C=O) groups is 2. The number of nitrogens with one attached hydrogen (secondary N) is 1. The predicted molar refractivity (Wildman–Crippen MR) is 132 cm³/mol. The Balaban J connectivity index is 1.69. The summed E-state index contributed by atoms with van der Waals surface area (Å²) in [6, 6.07) is 7.35. The number of aromatic nitrogens is 3. The number of carbonyl (C=O) groups excluding carboxylic acids is 1. The zero-order valence-corrected chi connectivity index (χ0v) is 20.2. The van der Waals surface area contributed by atoms with E-state index in [-0.39, 0.29) is 5.92 Å². The van der Waals surface area contributed by atoms with E-state index in [9.17, 15) is 14.7 Å². The Morgan fingerprint density at radius 3 is 2.54 bits per heavy atom. The summed E-state index contributed by atoms with van der Waals surface area (Å²) in [4.78, 5) is 29.9. The van der Waals surface area contributed by atoms with Crippen molar-refractivity contribution in [2.24, 2.45) is 5.92 Å². The molecule has 2 aromatic heterocycles. The molecule has 3 aromatic rings. The average Bonchev–Trinajstić information content (AvgIpc) is 3.19. The number of carboxylic acids is 1. The molecule has 186 valence electrons. The van der Waals surface area contributed by atoms with Crippen LogP contribution in [0.3, 0.4) is 0 Å². The van der Waals surface area contributed by atoms with Crippen molar-refractivity contribution in [1.82, 2.24) is 14.6 Å². The molecule has 4 rings (SSSR count). The second-order valence-electron chi connectivity index (χ2n) is 9.46. The highest BCUT2D eigenvalue weighted by Crippen LogP contribution is 2.38. The van der Waals surface area contributed by atoms with E-state index in [0.29, 0.717) is 48.7 Å². The first-order valence-corrected chi connectivity index (χ1v) is 11.4. The van der Waals surface area contributed by atoms with E-state index in [1.54, 1.807) is 37.4 Å². The Labute approximate surface area is 202 Å². The number of piperidine rings is 1. The van der Waals surface area contributed by atoms with Gasteiger partial charge in [0.05, 0.1) is 18.7 Å². The molecule has 1 amide bonds. The number of benzene rings is 1. The molecule has 0 bridgehead atoms. The van der Waals surface area contributed by atoms with Crippen LogP contribution in [-0.4, -0.2) is 57.6 Å². The first kappa shape index (κ1) is 24.1. The van der Waals surface area contributed by atoms with E-state index in [0.717, 1.165) is 16.9 Å². The van der Waals surface area contributed by atoms with Gasteiger partial charge < -0.3 is 25.2 Å². The zero-order valence-electron chi connectivity index (χ0n) is 20.2. The van der Waals surface area contributed by atoms with Crippen LogP contribution in [0.5, 0.6) is 5.75 Å². The molecule has 0 unspecified atom stereocenters. The van der Waals surface area contributed by atoms with Crippen LogP contribution in [0.4, 0.5) is 22.1 Å². The van der Waals surface area contributed by atoms with Crippen molar-refractivity contribution in [2.75, 3.05) is 36.1 Å². The van der Waals surface area contributed by atoms with Gasteiger partial charge in [0.25, 0.3) is 0 Å². The molecule has 0 saturated carbocycles. The average molecular weight is 483 g/mol. The SMILES string of the molecule is COc1cc(-c2cc(N3CCC(C(=O)O)CC3)n3ncnc(N)c23)ccc1NC(=O)OC(C)(C)C. The normalized spacial score (nSPS) is 14.7. The molecule has 1 fully saturated rings. The summed E-state index contributed by atoms with van der Waals surface area (Å²) in [7, 11) is 1.52. The summed E-state index contributed by atoms with van der Waals surface area (Å²) >= 11 is 0. The van der Waals surface area contributed by atoms with Crippen LogP contribution in [-0.2, 0) is 9.53 Å². The van der Waals surface area contributed by atoms with Crippen molar-refractivity contribution >= 4 is 34.9 Å². The molecule has 0 aliphatic carbocycles. The predicted octanol–water partition coefficient (Wildman–Crippen LogP) is 3.64. The standard InChI is InChI=1S/C24H30N6O5/c1-24(2,3)35-23(33)28-17-6-5-15(11-18(17)34-4)16-12-19(30-20(16)21(25)26-13-27-30)29-9-7-14(8-10-29)22(31)32/h5-6,11-14H,7-10H2,1-4H3,(H,28,33)(H,31,32)(H2,25,26,27). The summed E-state index contributed by atoms with van der Waals surface area (Å²) < 4.78 is 12.6. The highest BCUT2D eigenvalue weighted by molar-refractivity contribution is 5.93. The number of methoxy groups -OCH3 is 1. The van der Waals surface area contributed by atoms with E-state index in [2.05, 4.69) is 20.3 Å². The molecule has 35 heavy (non-hydrogen) atoms. The van der Waals surface area contributed by atoms with Gasteiger partial charge in [-0.15, -0.1) is 0 Å². The maximum atomic E-state index is 12.2. The Hall–Kier alpha value is -4.02. The minimum atomic E-state index is -0.760. The minimum Gasteiger partial charge on any atom is -0.495 e. The number of nitrogen functional groups attached to an aromatic ring is 1. The molecular formula is C24H30N6O5. The smallest absolute Gasteiger partial charge is 0.412 e. The van der Waals surface area contributed by atoms with Gasteiger partial charge in [0.1, 0.15) is 29.0 Å². The number of nitrogens with two attached hydrogens (primary N) is 1. The minimum absolute atomic E-state index is 0.316. The molecule has 1 aliphatic rings. The summed E-state index contributed by atoms with van der Waals surface area (Å²) in [5.74, 6) is 0.474. The second kappa shape index (κ2) is 9.32. The molecule has 1 aliphatic heterocycles. The Morgan fingerprint density at radius 1 is 1.20 bits per heavy atom. The van der Waals surface area contributed by atoms with Gasteiger partial charge in [0.2, 0.25) is 0 Å². The van der Waals surface area contributed by atoms with Gasteiger partial charge in [-0.1, -0.05) is 6.07 Å². The summed E-state index contributed by atoms with van der Waals surface area (Å²) in [5.41, 5.74) is 8.31. The highest BCUT2D eigenvalue weighted by Gasteiger charge is 2.28. The van der Waals surface area contributed by atoms with Gasteiger partial charge in [0, 0.05) is 18.7 Å². The third-order valence-electron chi connectivity index (χ3n) is 5.88. The molecule has 0 radical (unpaired) electrons. The van der Waals surface area contributed by atoms with E-state index < -0.39 is 17.7 Å². The van der Waals surface area contributed by atoms with Gasteiger partial charge >= 0.3 is 12.1 Å². The number of carboxylic acid groups (broad SMARTS) is 1. The monoisotopic (exact) mass is 482 g/mol. The lowest BCUT2D eigenvalue weighted by Crippen LogP contribution is -2.37. The van der Waals surface area contributed by atoms with E-state index in [1.807, 2.05) is 12.1 Å². The van der Waals surface area contributed by atoms with Crippen LogP contribution in [0.1, 0.15) is 33.6 Å². The van der Waals surface area contributed by atoms with Gasteiger partial charge in [-0.05, 0) is 57.4 Å². The maximum absolute atomic E-state index is 12.2. The lowest BCUT2D eigenvalue weighted by molar-refractivity contribution is -0.142. The number of hydrogen-bond acceptors (Lipinski definition) is 8. The Morgan fingerprint density at radius 2 is 1.91 bits per heavy atom. The van der Waals surface area contributed by atoms with Crippen LogP contribution in [0, 0.1) is 5.92 Å². The molecular weight excluding hydrogens is 452 g/mol. The van der Waals surface area contributed by atoms with Crippen LogP contribution in [0.2, 0.25) is 0 Å². The van der Waals surface area contributed by atoms with Crippen molar-refractivity contribution in [1.29, 1.82) is 0 Å². The maximum Gasteiger partial charge on any atom is 0.412 e. The van der Waals surface area contributed by atoms with Crippen LogP contribution < -0.4 is 20.7 Å². The van der Waals surface area contributed by atoms with E-state index in [4.69, 9.17) is 15.2 Å². The van der Waals surface area contributed by atoms with Gasteiger partial charge in [-0.25, -0.2) is 14.3 Å². The molecule has 0 spiro atoms. The van der Waals surface area contributed by atoms with Gasteiger partial charge in [-0.2, -0.15) is 5.10 Å². The summed E-state index contributed by atoms with van der Waals surface area (Å²) in [5, 5.41) is 16.5. The quantitative estimate of drug-likeness (QED) is 0.496. The van der Waals surface area contributed by atoms with Crippen molar-refractivity contribution in [3.05, 3.63) is 30.6 Å². The van der Waals surface area contributed by atoms with Crippen molar-refractivity contribution in [2.45, 2.75) is 39.2 Å². The summed E-state index contributed by atoms with van der Waals surface area (Å²) in [6.45, 7) is 6.56. The lowest BCUT2D eigenvalue weighted by atomic mass is 9.97.